The highest BCUT2D eigenvalue weighted by Crippen LogP contribution is 2.29. The lowest BCUT2D eigenvalue weighted by Crippen LogP contribution is -2.45. The van der Waals surface area contributed by atoms with Crippen molar-refractivity contribution in [1.82, 2.24) is 4.98 Å². The van der Waals surface area contributed by atoms with E-state index in [0.717, 1.165) is 18.9 Å². The largest absolute Gasteiger partial charge is 0.482 e. The smallest absolute Gasteiger partial charge is 0.262 e. The zero-order valence-electron chi connectivity index (χ0n) is 15.8. The molecule has 0 spiro atoms. The van der Waals surface area contributed by atoms with Gasteiger partial charge in [-0.1, -0.05) is 0 Å². The van der Waals surface area contributed by atoms with E-state index in [-0.39, 0.29) is 30.6 Å². The standard InChI is InChI=1S/C20H22N4O4/c1-12-9-24(10-13(2)28-12)18-6-4-15(8-21-18)22-20(26)14-3-5-17-16(7-14)23-19(25)11-27-17/h3-8,12-13H,9-11H2,1-2H3,(H,22,26)(H,23,25). The summed E-state index contributed by atoms with van der Waals surface area (Å²) in [7, 11) is 0. The number of anilines is 3. The third-order valence-corrected chi connectivity index (χ3v) is 4.62. The van der Waals surface area contributed by atoms with Crippen molar-refractivity contribution in [1.29, 1.82) is 0 Å². The van der Waals surface area contributed by atoms with Gasteiger partial charge >= 0.3 is 0 Å². The van der Waals surface area contributed by atoms with E-state index in [1.54, 1.807) is 24.4 Å². The Hall–Kier alpha value is -3.13. The molecule has 1 aromatic carbocycles. The molecule has 0 saturated carbocycles. The van der Waals surface area contributed by atoms with E-state index in [9.17, 15) is 9.59 Å². The van der Waals surface area contributed by atoms with Gasteiger partial charge in [0.2, 0.25) is 0 Å². The minimum Gasteiger partial charge on any atom is -0.482 e. The molecule has 1 aromatic heterocycles. The normalized spacial score (nSPS) is 21.4. The molecule has 8 heteroatoms. The van der Waals surface area contributed by atoms with E-state index in [1.165, 1.54) is 0 Å². The van der Waals surface area contributed by atoms with E-state index >= 15 is 0 Å². The molecule has 0 aliphatic carbocycles. The Kier molecular flexibility index (Phi) is 4.87. The molecular formula is C20H22N4O4. The van der Waals surface area contributed by atoms with Gasteiger partial charge in [-0.05, 0) is 44.2 Å². The molecule has 0 bridgehead atoms. The van der Waals surface area contributed by atoms with Crippen LogP contribution in [0.2, 0.25) is 0 Å². The number of nitrogens with zero attached hydrogens (tertiary/aromatic N) is 2. The van der Waals surface area contributed by atoms with Crippen LogP contribution in [0.5, 0.6) is 5.75 Å². The van der Waals surface area contributed by atoms with Gasteiger partial charge < -0.3 is 25.0 Å². The zero-order chi connectivity index (χ0) is 19.7. The molecule has 3 heterocycles. The Bertz CT molecular complexity index is 890. The first-order chi connectivity index (χ1) is 13.5. The Morgan fingerprint density at radius 1 is 1.21 bits per heavy atom. The first-order valence-electron chi connectivity index (χ1n) is 9.22. The van der Waals surface area contributed by atoms with Crippen LogP contribution < -0.4 is 20.3 Å². The van der Waals surface area contributed by atoms with E-state index in [0.29, 0.717) is 22.7 Å². The molecule has 146 valence electrons. The number of benzene rings is 1. The van der Waals surface area contributed by atoms with Gasteiger partial charge in [-0.2, -0.15) is 0 Å². The first kappa shape index (κ1) is 18.2. The highest BCUT2D eigenvalue weighted by atomic mass is 16.5. The van der Waals surface area contributed by atoms with Crippen molar-refractivity contribution in [3.8, 4) is 5.75 Å². The monoisotopic (exact) mass is 382 g/mol. The predicted molar refractivity (Wildman–Crippen MR) is 105 cm³/mol. The molecule has 1 saturated heterocycles. The second kappa shape index (κ2) is 7.47. The summed E-state index contributed by atoms with van der Waals surface area (Å²) in [6.07, 6.45) is 1.94. The molecule has 2 amide bonds. The average Bonchev–Trinajstić information content (AvgIpc) is 2.67. The number of aromatic nitrogens is 1. The van der Waals surface area contributed by atoms with Crippen molar-refractivity contribution in [3.05, 3.63) is 42.1 Å². The summed E-state index contributed by atoms with van der Waals surface area (Å²) in [4.78, 5) is 30.6. The summed E-state index contributed by atoms with van der Waals surface area (Å²) in [6, 6.07) is 8.64. The van der Waals surface area contributed by atoms with Gasteiger partial charge in [0.1, 0.15) is 11.6 Å². The maximum absolute atomic E-state index is 12.5. The molecular weight excluding hydrogens is 360 g/mol. The van der Waals surface area contributed by atoms with Gasteiger partial charge in [-0.25, -0.2) is 4.98 Å². The van der Waals surface area contributed by atoms with Crippen LogP contribution >= 0.6 is 0 Å². The molecule has 2 aliphatic heterocycles. The number of ether oxygens (including phenoxy) is 2. The minimum absolute atomic E-state index is 0.0166. The molecule has 2 atom stereocenters. The molecule has 4 rings (SSSR count). The maximum Gasteiger partial charge on any atom is 0.262 e. The average molecular weight is 382 g/mol. The van der Waals surface area contributed by atoms with E-state index in [4.69, 9.17) is 9.47 Å². The van der Waals surface area contributed by atoms with Crippen molar-refractivity contribution in [3.63, 3.8) is 0 Å². The minimum atomic E-state index is -0.286. The maximum atomic E-state index is 12.5. The Balaban J connectivity index is 1.44. The topological polar surface area (TPSA) is 92.8 Å². The highest BCUT2D eigenvalue weighted by molar-refractivity contribution is 6.06. The number of hydrogen-bond donors (Lipinski definition) is 2. The lowest BCUT2D eigenvalue weighted by atomic mass is 10.1. The number of fused-ring (bicyclic) bond motifs is 1. The SMILES string of the molecule is CC1CN(c2ccc(NC(=O)c3ccc4c(c3)NC(=O)CO4)cn2)CC(C)O1. The fraction of sp³-hybridized carbons (Fsp3) is 0.350. The fourth-order valence-corrected chi connectivity index (χ4v) is 3.44. The second-order valence-corrected chi connectivity index (χ2v) is 7.07. The number of nitrogens with one attached hydrogen (secondary N) is 2. The van der Waals surface area contributed by atoms with E-state index < -0.39 is 0 Å². The van der Waals surface area contributed by atoms with Crippen molar-refractivity contribution in [2.75, 3.05) is 35.2 Å². The molecule has 2 unspecified atom stereocenters. The summed E-state index contributed by atoms with van der Waals surface area (Å²) in [6.45, 7) is 5.64. The van der Waals surface area contributed by atoms with Crippen LogP contribution in [0.4, 0.5) is 17.2 Å². The molecule has 2 aliphatic rings. The number of amides is 2. The summed E-state index contributed by atoms with van der Waals surface area (Å²) >= 11 is 0. The van der Waals surface area contributed by atoms with Crippen molar-refractivity contribution >= 4 is 29.0 Å². The summed E-state index contributed by atoms with van der Waals surface area (Å²) in [5.41, 5.74) is 1.51. The quantitative estimate of drug-likeness (QED) is 0.846. The van der Waals surface area contributed by atoms with Crippen LogP contribution in [-0.4, -0.2) is 48.7 Å². The second-order valence-electron chi connectivity index (χ2n) is 7.07. The Morgan fingerprint density at radius 2 is 2.00 bits per heavy atom. The van der Waals surface area contributed by atoms with Gasteiger partial charge in [0.25, 0.3) is 11.8 Å². The summed E-state index contributed by atoms with van der Waals surface area (Å²) < 4.78 is 11.1. The predicted octanol–water partition coefficient (Wildman–Crippen LogP) is 2.28. The number of morpholine rings is 1. The summed E-state index contributed by atoms with van der Waals surface area (Å²) in [5, 5.41) is 5.52. The first-order valence-corrected chi connectivity index (χ1v) is 9.22. The number of hydrogen-bond acceptors (Lipinski definition) is 6. The molecule has 1 fully saturated rings. The lowest BCUT2D eigenvalue weighted by Gasteiger charge is -2.36. The Morgan fingerprint density at radius 3 is 2.71 bits per heavy atom. The number of pyridine rings is 1. The number of carbonyl (C=O) groups is 2. The van der Waals surface area contributed by atoms with Crippen molar-refractivity contribution in [2.24, 2.45) is 0 Å². The van der Waals surface area contributed by atoms with Crippen LogP contribution in [0.3, 0.4) is 0 Å². The van der Waals surface area contributed by atoms with Gasteiger partial charge in [-0.3, -0.25) is 9.59 Å². The van der Waals surface area contributed by atoms with Crippen molar-refractivity contribution < 1.29 is 19.1 Å². The van der Waals surface area contributed by atoms with Gasteiger partial charge in [-0.15, -0.1) is 0 Å². The van der Waals surface area contributed by atoms with Gasteiger partial charge in [0, 0.05) is 18.7 Å². The van der Waals surface area contributed by atoms with Crippen LogP contribution in [-0.2, 0) is 9.53 Å². The molecule has 2 N–H and O–H groups in total. The lowest BCUT2D eigenvalue weighted by molar-refractivity contribution is -0.118. The highest BCUT2D eigenvalue weighted by Gasteiger charge is 2.23. The van der Waals surface area contributed by atoms with E-state index in [2.05, 4.69) is 20.5 Å². The van der Waals surface area contributed by atoms with Crippen molar-refractivity contribution in [2.45, 2.75) is 26.1 Å². The fourth-order valence-electron chi connectivity index (χ4n) is 3.44. The number of rotatable bonds is 3. The van der Waals surface area contributed by atoms with Gasteiger partial charge in [0.15, 0.2) is 6.61 Å². The molecule has 0 radical (unpaired) electrons. The van der Waals surface area contributed by atoms with Crippen LogP contribution in [0, 0.1) is 0 Å². The third-order valence-electron chi connectivity index (χ3n) is 4.62. The Labute approximate surface area is 162 Å². The third kappa shape index (κ3) is 3.91. The van der Waals surface area contributed by atoms with Crippen LogP contribution in [0.15, 0.2) is 36.5 Å². The zero-order valence-corrected chi connectivity index (χ0v) is 15.8. The van der Waals surface area contributed by atoms with E-state index in [1.807, 2.05) is 26.0 Å². The van der Waals surface area contributed by atoms with Crippen LogP contribution in [0.25, 0.3) is 0 Å². The molecule has 2 aromatic rings. The number of carbonyl (C=O) groups excluding carboxylic acids is 2. The summed E-state index contributed by atoms with van der Waals surface area (Å²) in [5.74, 6) is 0.882. The van der Waals surface area contributed by atoms with Crippen LogP contribution in [0.1, 0.15) is 24.2 Å². The molecule has 28 heavy (non-hydrogen) atoms. The van der Waals surface area contributed by atoms with Gasteiger partial charge in [0.05, 0.1) is 29.8 Å². The molecule has 8 nitrogen and oxygen atoms in total.